The molecule has 3 rings (SSSR count). The number of benzene rings is 1. The number of hydrogen-bond donors (Lipinski definition) is 1. The standard InChI is InChI=1S/C18H20N2O4/c1-12-6-4-5-9-20(12)17(22)11-24-18(23)14-10-16(21)19-15-8-3-2-7-13(14)15/h2-3,7-8,10,12H,4-6,9,11H2,1H3,(H,19,21)/t12-/m0/s1. The first-order valence-corrected chi connectivity index (χ1v) is 8.15. The summed E-state index contributed by atoms with van der Waals surface area (Å²) in [5, 5.41) is 0.598. The van der Waals surface area contributed by atoms with E-state index in [-0.39, 0.29) is 29.7 Å². The number of fused-ring (bicyclic) bond motifs is 1. The zero-order valence-corrected chi connectivity index (χ0v) is 13.6. The molecule has 1 amide bonds. The molecule has 0 radical (unpaired) electrons. The molecule has 126 valence electrons. The van der Waals surface area contributed by atoms with Gasteiger partial charge in [0.1, 0.15) is 0 Å². The molecule has 1 aromatic heterocycles. The van der Waals surface area contributed by atoms with Gasteiger partial charge < -0.3 is 14.6 Å². The van der Waals surface area contributed by atoms with Gasteiger partial charge in [-0.3, -0.25) is 9.59 Å². The smallest absolute Gasteiger partial charge is 0.339 e. The zero-order chi connectivity index (χ0) is 17.1. The molecule has 2 aromatic rings. The number of piperidine rings is 1. The van der Waals surface area contributed by atoms with E-state index in [9.17, 15) is 14.4 Å². The van der Waals surface area contributed by atoms with Gasteiger partial charge in [0, 0.05) is 29.6 Å². The minimum atomic E-state index is -0.657. The van der Waals surface area contributed by atoms with Gasteiger partial charge in [-0.05, 0) is 32.3 Å². The number of aromatic nitrogens is 1. The van der Waals surface area contributed by atoms with Crippen LogP contribution in [0.3, 0.4) is 0 Å². The van der Waals surface area contributed by atoms with E-state index >= 15 is 0 Å². The summed E-state index contributed by atoms with van der Waals surface area (Å²) in [5.41, 5.74) is 0.360. The van der Waals surface area contributed by atoms with Gasteiger partial charge >= 0.3 is 5.97 Å². The highest BCUT2D eigenvalue weighted by molar-refractivity contribution is 6.03. The molecule has 1 aromatic carbocycles. The number of carbonyl (C=O) groups is 2. The van der Waals surface area contributed by atoms with Crippen molar-refractivity contribution >= 4 is 22.8 Å². The van der Waals surface area contributed by atoms with Crippen molar-refractivity contribution in [3.05, 3.63) is 46.2 Å². The highest BCUT2D eigenvalue weighted by Crippen LogP contribution is 2.18. The summed E-state index contributed by atoms with van der Waals surface area (Å²) in [4.78, 5) is 40.7. The molecule has 1 aliphatic rings. The second kappa shape index (κ2) is 6.86. The average Bonchev–Trinajstić information content (AvgIpc) is 2.59. The summed E-state index contributed by atoms with van der Waals surface area (Å²) in [6.07, 6.45) is 3.06. The maximum absolute atomic E-state index is 12.3. The molecule has 6 nitrogen and oxygen atoms in total. The Labute approximate surface area is 139 Å². The summed E-state index contributed by atoms with van der Waals surface area (Å²) in [6, 6.07) is 8.38. The number of para-hydroxylation sites is 1. The van der Waals surface area contributed by atoms with Gasteiger partial charge in [-0.15, -0.1) is 0 Å². The second-order valence-electron chi connectivity index (χ2n) is 6.10. The molecule has 1 aliphatic heterocycles. The van der Waals surface area contributed by atoms with Crippen molar-refractivity contribution in [2.24, 2.45) is 0 Å². The fourth-order valence-electron chi connectivity index (χ4n) is 3.13. The summed E-state index contributed by atoms with van der Waals surface area (Å²) >= 11 is 0. The number of amides is 1. The lowest BCUT2D eigenvalue weighted by molar-refractivity contribution is -0.137. The van der Waals surface area contributed by atoms with Crippen molar-refractivity contribution in [3.8, 4) is 0 Å². The van der Waals surface area contributed by atoms with Gasteiger partial charge in [0.2, 0.25) is 5.56 Å². The Morgan fingerprint density at radius 2 is 2.08 bits per heavy atom. The fourth-order valence-corrected chi connectivity index (χ4v) is 3.13. The number of hydrogen-bond acceptors (Lipinski definition) is 4. The first-order valence-electron chi connectivity index (χ1n) is 8.15. The number of nitrogens with zero attached hydrogens (tertiary/aromatic N) is 1. The minimum Gasteiger partial charge on any atom is -0.452 e. The Bertz CT molecular complexity index is 827. The van der Waals surface area contributed by atoms with E-state index in [4.69, 9.17) is 4.74 Å². The van der Waals surface area contributed by atoms with Crippen LogP contribution >= 0.6 is 0 Å². The third-order valence-corrected chi connectivity index (χ3v) is 4.42. The number of ether oxygens (including phenoxy) is 1. The van der Waals surface area contributed by atoms with Gasteiger partial charge in [0.05, 0.1) is 5.56 Å². The highest BCUT2D eigenvalue weighted by atomic mass is 16.5. The van der Waals surface area contributed by atoms with E-state index in [0.29, 0.717) is 17.4 Å². The lowest BCUT2D eigenvalue weighted by Crippen LogP contribution is -2.44. The molecule has 0 saturated carbocycles. The molecule has 0 unspecified atom stereocenters. The SMILES string of the molecule is C[C@H]1CCCCN1C(=O)COC(=O)c1cc(=O)[nH]c2ccccc12. The zero-order valence-electron chi connectivity index (χ0n) is 13.6. The van der Waals surface area contributed by atoms with Gasteiger partial charge in [0.15, 0.2) is 6.61 Å². The van der Waals surface area contributed by atoms with Gasteiger partial charge in [-0.1, -0.05) is 18.2 Å². The molecule has 1 saturated heterocycles. The largest absolute Gasteiger partial charge is 0.452 e. The van der Waals surface area contributed by atoms with Crippen LogP contribution in [-0.2, 0) is 9.53 Å². The molecular weight excluding hydrogens is 308 g/mol. The summed E-state index contributed by atoms with van der Waals surface area (Å²) in [5.74, 6) is -0.847. The number of likely N-dealkylation sites (tertiary alicyclic amines) is 1. The van der Waals surface area contributed by atoms with E-state index in [2.05, 4.69) is 4.98 Å². The van der Waals surface area contributed by atoms with Crippen LogP contribution in [0.4, 0.5) is 0 Å². The number of esters is 1. The number of rotatable bonds is 3. The van der Waals surface area contributed by atoms with Crippen LogP contribution in [0.1, 0.15) is 36.5 Å². The van der Waals surface area contributed by atoms with Crippen molar-refractivity contribution in [1.29, 1.82) is 0 Å². The second-order valence-corrected chi connectivity index (χ2v) is 6.10. The molecular formula is C18H20N2O4. The Hall–Kier alpha value is -2.63. The van der Waals surface area contributed by atoms with Crippen LogP contribution in [0.2, 0.25) is 0 Å². The molecule has 1 N–H and O–H groups in total. The van der Waals surface area contributed by atoms with E-state index in [1.807, 2.05) is 6.92 Å². The lowest BCUT2D eigenvalue weighted by atomic mass is 10.0. The minimum absolute atomic E-state index is 0.172. The Morgan fingerprint density at radius 3 is 2.88 bits per heavy atom. The van der Waals surface area contributed by atoms with Crippen LogP contribution in [-0.4, -0.2) is 41.0 Å². The van der Waals surface area contributed by atoms with E-state index in [1.54, 1.807) is 29.2 Å². The van der Waals surface area contributed by atoms with E-state index in [0.717, 1.165) is 19.3 Å². The third kappa shape index (κ3) is 3.32. The highest BCUT2D eigenvalue weighted by Gasteiger charge is 2.24. The van der Waals surface area contributed by atoms with Crippen LogP contribution < -0.4 is 5.56 Å². The maximum Gasteiger partial charge on any atom is 0.339 e. The average molecular weight is 328 g/mol. The number of H-pyrrole nitrogens is 1. The van der Waals surface area contributed by atoms with E-state index in [1.165, 1.54) is 6.07 Å². The first kappa shape index (κ1) is 16.2. The van der Waals surface area contributed by atoms with Crippen LogP contribution in [0.5, 0.6) is 0 Å². The van der Waals surface area contributed by atoms with Crippen LogP contribution in [0.15, 0.2) is 35.1 Å². The van der Waals surface area contributed by atoms with Crippen LogP contribution in [0, 0.1) is 0 Å². The van der Waals surface area contributed by atoms with Gasteiger partial charge in [0.25, 0.3) is 5.91 Å². The molecule has 1 atom stereocenters. The summed E-state index contributed by atoms with van der Waals surface area (Å²) in [7, 11) is 0. The molecule has 0 aliphatic carbocycles. The van der Waals surface area contributed by atoms with Gasteiger partial charge in [-0.2, -0.15) is 0 Å². The fraction of sp³-hybridized carbons (Fsp3) is 0.389. The number of carbonyl (C=O) groups excluding carboxylic acids is 2. The Morgan fingerprint density at radius 1 is 1.29 bits per heavy atom. The van der Waals surface area contributed by atoms with E-state index < -0.39 is 5.97 Å². The number of aromatic amines is 1. The lowest BCUT2D eigenvalue weighted by Gasteiger charge is -2.33. The number of pyridine rings is 1. The molecule has 24 heavy (non-hydrogen) atoms. The maximum atomic E-state index is 12.3. The molecule has 1 fully saturated rings. The van der Waals surface area contributed by atoms with Gasteiger partial charge in [-0.25, -0.2) is 4.79 Å². The third-order valence-electron chi connectivity index (χ3n) is 4.42. The quantitative estimate of drug-likeness (QED) is 0.875. The molecule has 2 heterocycles. The first-order chi connectivity index (χ1) is 11.6. The normalized spacial score (nSPS) is 17.7. The monoisotopic (exact) mass is 328 g/mol. The summed E-state index contributed by atoms with van der Waals surface area (Å²) < 4.78 is 5.17. The van der Waals surface area contributed by atoms with Crippen molar-refractivity contribution in [3.63, 3.8) is 0 Å². The molecule has 0 bridgehead atoms. The van der Waals surface area contributed by atoms with Crippen molar-refractivity contribution in [2.75, 3.05) is 13.2 Å². The molecule has 0 spiro atoms. The van der Waals surface area contributed by atoms with Crippen molar-refractivity contribution < 1.29 is 14.3 Å². The van der Waals surface area contributed by atoms with Crippen LogP contribution in [0.25, 0.3) is 10.9 Å². The number of nitrogens with one attached hydrogen (secondary N) is 1. The summed E-state index contributed by atoms with van der Waals surface area (Å²) in [6.45, 7) is 2.40. The predicted molar refractivity (Wildman–Crippen MR) is 89.9 cm³/mol. The Kier molecular flexibility index (Phi) is 4.64. The van der Waals surface area contributed by atoms with Crippen molar-refractivity contribution in [1.82, 2.24) is 9.88 Å². The predicted octanol–water partition coefficient (Wildman–Crippen LogP) is 2.09. The topological polar surface area (TPSA) is 79.5 Å². The molecule has 6 heteroatoms. The van der Waals surface area contributed by atoms with Crippen molar-refractivity contribution in [2.45, 2.75) is 32.2 Å². The Balaban J connectivity index is 1.74.